The summed E-state index contributed by atoms with van der Waals surface area (Å²) < 4.78 is 5.22. The Balaban J connectivity index is 1.73. The van der Waals surface area contributed by atoms with E-state index in [1.165, 1.54) is 4.90 Å². The van der Waals surface area contributed by atoms with Crippen molar-refractivity contribution in [2.75, 3.05) is 19.4 Å². The Bertz CT molecular complexity index is 614. The van der Waals surface area contributed by atoms with Crippen molar-refractivity contribution in [1.82, 2.24) is 5.32 Å². The maximum atomic E-state index is 11.9. The van der Waals surface area contributed by atoms with Gasteiger partial charge in [0, 0.05) is 17.2 Å². The van der Waals surface area contributed by atoms with Crippen molar-refractivity contribution in [1.29, 1.82) is 0 Å². The van der Waals surface area contributed by atoms with E-state index in [0.29, 0.717) is 13.0 Å². The Labute approximate surface area is 136 Å². The lowest BCUT2D eigenvalue weighted by molar-refractivity contribution is -0.120. The molecule has 0 unspecified atom stereocenters. The molecule has 0 aliphatic heterocycles. The van der Waals surface area contributed by atoms with Gasteiger partial charge in [-0.3, -0.25) is 4.79 Å². The lowest BCUT2D eigenvalue weighted by Gasteiger charge is -2.08. The Morgan fingerprint density at radius 3 is 2.64 bits per heavy atom. The molecule has 22 heavy (non-hydrogen) atoms. The molecule has 4 heteroatoms. The van der Waals surface area contributed by atoms with Crippen molar-refractivity contribution < 1.29 is 9.53 Å². The second-order valence-corrected chi connectivity index (χ2v) is 6.16. The molecule has 1 amide bonds. The fourth-order valence-electron chi connectivity index (χ4n) is 2.17. The van der Waals surface area contributed by atoms with Gasteiger partial charge in [-0.25, -0.2) is 0 Å². The summed E-state index contributed by atoms with van der Waals surface area (Å²) in [5, 5.41) is 2.96. The summed E-state index contributed by atoms with van der Waals surface area (Å²) in [6.45, 7) is 2.66. The number of carbonyl (C=O) groups is 1. The van der Waals surface area contributed by atoms with Crippen LogP contribution in [0.25, 0.3) is 0 Å². The van der Waals surface area contributed by atoms with Gasteiger partial charge < -0.3 is 10.1 Å². The molecule has 0 saturated carbocycles. The molecule has 0 aliphatic carbocycles. The van der Waals surface area contributed by atoms with Crippen LogP contribution in [0, 0.1) is 6.92 Å². The molecule has 0 heterocycles. The lowest BCUT2D eigenvalue weighted by Crippen LogP contribution is -2.27. The SMILES string of the molecule is COc1ccc(CC(=O)NCCSc2ccccc2)cc1C. The highest BCUT2D eigenvalue weighted by Crippen LogP contribution is 2.19. The van der Waals surface area contributed by atoms with Crippen molar-refractivity contribution in [2.45, 2.75) is 18.2 Å². The number of hydrogen-bond donors (Lipinski definition) is 1. The van der Waals surface area contributed by atoms with Crippen molar-refractivity contribution in [3.63, 3.8) is 0 Å². The number of thioether (sulfide) groups is 1. The van der Waals surface area contributed by atoms with Gasteiger partial charge in [0.2, 0.25) is 5.91 Å². The molecular formula is C18H21NO2S. The van der Waals surface area contributed by atoms with Crippen LogP contribution in [0.5, 0.6) is 5.75 Å². The molecule has 0 atom stereocenters. The van der Waals surface area contributed by atoms with Crippen LogP contribution >= 0.6 is 11.8 Å². The van der Waals surface area contributed by atoms with Crippen LogP contribution in [0.3, 0.4) is 0 Å². The van der Waals surface area contributed by atoms with E-state index < -0.39 is 0 Å². The number of carbonyl (C=O) groups excluding carboxylic acids is 1. The van der Waals surface area contributed by atoms with Crippen LogP contribution in [0.15, 0.2) is 53.4 Å². The second-order valence-electron chi connectivity index (χ2n) is 4.99. The van der Waals surface area contributed by atoms with E-state index in [4.69, 9.17) is 4.74 Å². The number of nitrogens with one attached hydrogen (secondary N) is 1. The molecule has 2 aromatic carbocycles. The van der Waals surface area contributed by atoms with Crippen molar-refractivity contribution >= 4 is 17.7 Å². The highest BCUT2D eigenvalue weighted by molar-refractivity contribution is 7.99. The molecule has 0 fully saturated rings. The van der Waals surface area contributed by atoms with Crippen LogP contribution in [0.2, 0.25) is 0 Å². The number of benzene rings is 2. The summed E-state index contributed by atoms with van der Waals surface area (Å²) in [7, 11) is 1.65. The molecule has 2 rings (SSSR count). The van der Waals surface area contributed by atoms with E-state index in [2.05, 4.69) is 17.4 Å². The van der Waals surface area contributed by atoms with Gasteiger partial charge in [-0.1, -0.05) is 30.3 Å². The molecule has 1 N–H and O–H groups in total. The number of hydrogen-bond acceptors (Lipinski definition) is 3. The van der Waals surface area contributed by atoms with Gasteiger partial charge >= 0.3 is 0 Å². The first-order valence-corrected chi connectivity index (χ1v) is 8.25. The first kappa shape index (κ1) is 16.4. The van der Waals surface area contributed by atoms with Crippen LogP contribution in [0.4, 0.5) is 0 Å². The number of amides is 1. The Morgan fingerprint density at radius 2 is 1.95 bits per heavy atom. The summed E-state index contributed by atoms with van der Waals surface area (Å²) in [5.74, 6) is 1.78. The Hall–Kier alpha value is -1.94. The molecule has 0 bridgehead atoms. The molecular weight excluding hydrogens is 294 g/mol. The average molecular weight is 315 g/mol. The van der Waals surface area contributed by atoms with E-state index in [1.807, 2.05) is 43.3 Å². The van der Waals surface area contributed by atoms with Crippen molar-refractivity contribution in [2.24, 2.45) is 0 Å². The highest BCUT2D eigenvalue weighted by Gasteiger charge is 2.05. The fraction of sp³-hybridized carbons (Fsp3) is 0.278. The molecule has 0 saturated heterocycles. The van der Waals surface area contributed by atoms with E-state index >= 15 is 0 Å². The lowest BCUT2D eigenvalue weighted by atomic mass is 10.1. The first-order chi connectivity index (χ1) is 10.7. The van der Waals surface area contributed by atoms with Gasteiger partial charge in [0.05, 0.1) is 13.5 Å². The zero-order chi connectivity index (χ0) is 15.8. The third-order valence-corrected chi connectivity index (χ3v) is 4.27. The Morgan fingerprint density at radius 1 is 1.18 bits per heavy atom. The van der Waals surface area contributed by atoms with Crippen LogP contribution < -0.4 is 10.1 Å². The average Bonchev–Trinajstić information content (AvgIpc) is 2.53. The quantitative estimate of drug-likeness (QED) is 0.628. The fourth-order valence-corrected chi connectivity index (χ4v) is 2.96. The van der Waals surface area contributed by atoms with E-state index in [0.717, 1.165) is 22.6 Å². The summed E-state index contributed by atoms with van der Waals surface area (Å²) >= 11 is 1.74. The first-order valence-electron chi connectivity index (χ1n) is 7.27. The zero-order valence-corrected chi connectivity index (χ0v) is 13.8. The predicted octanol–water partition coefficient (Wildman–Crippen LogP) is 3.45. The maximum Gasteiger partial charge on any atom is 0.224 e. The smallest absolute Gasteiger partial charge is 0.224 e. The van der Waals surface area contributed by atoms with Crippen LogP contribution in [-0.2, 0) is 11.2 Å². The van der Waals surface area contributed by atoms with Gasteiger partial charge in [0.1, 0.15) is 5.75 Å². The molecule has 0 spiro atoms. The molecule has 0 aliphatic rings. The number of aryl methyl sites for hydroxylation is 1. The minimum Gasteiger partial charge on any atom is -0.496 e. The third kappa shape index (κ3) is 5.11. The molecule has 0 aromatic heterocycles. The molecule has 3 nitrogen and oxygen atoms in total. The number of ether oxygens (including phenoxy) is 1. The van der Waals surface area contributed by atoms with Gasteiger partial charge in [-0.05, 0) is 36.2 Å². The molecule has 116 valence electrons. The van der Waals surface area contributed by atoms with Crippen molar-refractivity contribution in [3.05, 3.63) is 59.7 Å². The normalized spacial score (nSPS) is 10.3. The number of rotatable bonds is 7. The number of methoxy groups -OCH3 is 1. The van der Waals surface area contributed by atoms with Gasteiger partial charge in [-0.15, -0.1) is 11.8 Å². The summed E-state index contributed by atoms with van der Waals surface area (Å²) in [6.07, 6.45) is 0.404. The predicted molar refractivity (Wildman–Crippen MR) is 91.6 cm³/mol. The van der Waals surface area contributed by atoms with Gasteiger partial charge in [-0.2, -0.15) is 0 Å². The third-order valence-electron chi connectivity index (χ3n) is 3.26. The molecule has 2 aromatic rings. The second kappa shape index (κ2) is 8.49. The standard InChI is InChI=1S/C18H21NO2S/c1-14-12-15(8-9-17(14)21-2)13-18(20)19-10-11-22-16-6-4-3-5-7-16/h3-9,12H,10-11,13H2,1-2H3,(H,19,20). The molecule has 0 radical (unpaired) electrons. The Kier molecular flexibility index (Phi) is 6.34. The van der Waals surface area contributed by atoms with Crippen molar-refractivity contribution in [3.8, 4) is 5.75 Å². The van der Waals surface area contributed by atoms with E-state index in [9.17, 15) is 4.79 Å². The zero-order valence-electron chi connectivity index (χ0n) is 13.0. The minimum absolute atomic E-state index is 0.0539. The summed E-state index contributed by atoms with van der Waals surface area (Å²) in [4.78, 5) is 13.2. The largest absolute Gasteiger partial charge is 0.496 e. The van der Waals surface area contributed by atoms with Gasteiger partial charge in [0.15, 0.2) is 0 Å². The topological polar surface area (TPSA) is 38.3 Å². The van der Waals surface area contributed by atoms with Crippen LogP contribution in [-0.4, -0.2) is 25.3 Å². The van der Waals surface area contributed by atoms with E-state index in [1.54, 1.807) is 18.9 Å². The maximum absolute atomic E-state index is 11.9. The summed E-state index contributed by atoms with van der Waals surface area (Å²) in [5.41, 5.74) is 2.05. The summed E-state index contributed by atoms with van der Waals surface area (Å²) in [6, 6.07) is 16.0. The highest BCUT2D eigenvalue weighted by atomic mass is 32.2. The van der Waals surface area contributed by atoms with Crippen LogP contribution in [0.1, 0.15) is 11.1 Å². The minimum atomic E-state index is 0.0539. The van der Waals surface area contributed by atoms with Gasteiger partial charge in [0.25, 0.3) is 0 Å². The van der Waals surface area contributed by atoms with E-state index in [-0.39, 0.29) is 5.91 Å². The monoisotopic (exact) mass is 315 g/mol.